The van der Waals surface area contributed by atoms with E-state index in [1.165, 1.54) is 12.3 Å². The first-order chi connectivity index (χ1) is 8.68. The topological polar surface area (TPSA) is 93.4 Å². The quantitative estimate of drug-likeness (QED) is 0.732. The molecule has 18 heavy (non-hydrogen) atoms. The predicted octanol–water partition coefficient (Wildman–Crippen LogP) is 1.79. The molecule has 2 aromatic rings. The van der Waals surface area contributed by atoms with Crippen LogP contribution in [0.3, 0.4) is 0 Å². The number of nitrogens with zero attached hydrogens (tertiary/aromatic N) is 1. The SMILES string of the molecule is Nc1[nH]ncc1-c1c(O)c(Cl)cc2c1OCCO2. The van der Waals surface area contributed by atoms with Crippen LogP contribution in [0.2, 0.25) is 5.02 Å². The van der Waals surface area contributed by atoms with Crippen molar-refractivity contribution in [1.29, 1.82) is 0 Å². The number of anilines is 1. The van der Waals surface area contributed by atoms with Crippen LogP contribution in [-0.4, -0.2) is 28.5 Å². The van der Waals surface area contributed by atoms with Crippen molar-refractivity contribution in [2.75, 3.05) is 18.9 Å². The van der Waals surface area contributed by atoms with Crippen LogP contribution in [0.5, 0.6) is 17.2 Å². The van der Waals surface area contributed by atoms with Gasteiger partial charge in [-0.05, 0) is 0 Å². The van der Waals surface area contributed by atoms with Gasteiger partial charge in [-0.15, -0.1) is 0 Å². The lowest BCUT2D eigenvalue weighted by atomic mass is 10.0. The number of rotatable bonds is 1. The second-order valence-electron chi connectivity index (χ2n) is 3.80. The minimum Gasteiger partial charge on any atom is -0.506 e. The van der Waals surface area contributed by atoms with E-state index < -0.39 is 0 Å². The van der Waals surface area contributed by atoms with E-state index >= 15 is 0 Å². The van der Waals surface area contributed by atoms with Gasteiger partial charge in [0.25, 0.3) is 0 Å². The Bertz CT molecular complexity index is 612. The molecule has 0 bridgehead atoms. The van der Waals surface area contributed by atoms with E-state index in [0.29, 0.717) is 41.7 Å². The summed E-state index contributed by atoms with van der Waals surface area (Å²) in [6.45, 7) is 0.841. The largest absolute Gasteiger partial charge is 0.506 e. The van der Waals surface area contributed by atoms with E-state index in [1.54, 1.807) is 0 Å². The van der Waals surface area contributed by atoms with Crippen LogP contribution in [0, 0.1) is 0 Å². The number of ether oxygens (including phenoxy) is 2. The van der Waals surface area contributed by atoms with Gasteiger partial charge >= 0.3 is 0 Å². The first kappa shape index (κ1) is 11.0. The van der Waals surface area contributed by atoms with Gasteiger partial charge in [0.2, 0.25) is 0 Å². The molecule has 0 unspecified atom stereocenters. The number of nitrogens with two attached hydrogens (primary N) is 1. The molecule has 0 fully saturated rings. The minimum atomic E-state index is -0.103. The van der Waals surface area contributed by atoms with Crippen LogP contribution < -0.4 is 15.2 Å². The van der Waals surface area contributed by atoms with Crippen LogP contribution in [0.1, 0.15) is 0 Å². The van der Waals surface area contributed by atoms with Crippen molar-refractivity contribution < 1.29 is 14.6 Å². The molecule has 0 saturated heterocycles. The maximum atomic E-state index is 10.1. The number of nitrogen functional groups attached to an aromatic ring is 1. The third-order valence-corrected chi connectivity index (χ3v) is 2.99. The van der Waals surface area contributed by atoms with E-state index in [9.17, 15) is 5.11 Å². The average Bonchev–Trinajstić information content (AvgIpc) is 2.77. The van der Waals surface area contributed by atoms with Crippen LogP contribution in [0.25, 0.3) is 11.1 Å². The van der Waals surface area contributed by atoms with E-state index in [4.69, 9.17) is 26.8 Å². The molecule has 1 aromatic heterocycles. The number of nitrogens with one attached hydrogen (secondary N) is 1. The molecule has 0 amide bonds. The van der Waals surface area contributed by atoms with Crippen LogP contribution >= 0.6 is 11.6 Å². The van der Waals surface area contributed by atoms with Gasteiger partial charge in [-0.1, -0.05) is 11.6 Å². The molecule has 1 aromatic carbocycles. The fourth-order valence-corrected chi connectivity index (χ4v) is 2.08. The zero-order valence-electron chi connectivity index (χ0n) is 9.24. The number of phenolic OH excluding ortho intramolecular Hbond substituents is 1. The molecule has 2 heterocycles. The van der Waals surface area contributed by atoms with E-state index in [1.807, 2.05) is 0 Å². The lowest BCUT2D eigenvalue weighted by Gasteiger charge is -2.22. The lowest BCUT2D eigenvalue weighted by molar-refractivity contribution is 0.172. The monoisotopic (exact) mass is 267 g/mol. The van der Waals surface area contributed by atoms with Crippen LogP contribution in [0.15, 0.2) is 12.3 Å². The zero-order chi connectivity index (χ0) is 12.7. The Hall–Kier alpha value is -2.08. The van der Waals surface area contributed by atoms with E-state index in [2.05, 4.69) is 10.2 Å². The van der Waals surface area contributed by atoms with Crippen molar-refractivity contribution in [1.82, 2.24) is 10.2 Å². The molecular formula is C11H10ClN3O3. The Kier molecular flexibility index (Phi) is 2.45. The summed E-state index contributed by atoms with van der Waals surface area (Å²) >= 11 is 5.96. The maximum Gasteiger partial charge on any atom is 0.173 e. The number of H-pyrrole nitrogens is 1. The normalized spacial score (nSPS) is 13.6. The number of aromatic nitrogens is 2. The van der Waals surface area contributed by atoms with Gasteiger partial charge in [0.1, 0.15) is 24.8 Å². The van der Waals surface area contributed by atoms with Gasteiger partial charge in [-0.2, -0.15) is 5.10 Å². The van der Waals surface area contributed by atoms with Crippen LogP contribution in [0.4, 0.5) is 5.82 Å². The van der Waals surface area contributed by atoms with Gasteiger partial charge < -0.3 is 20.3 Å². The van der Waals surface area contributed by atoms with Gasteiger partial charge in [0.05, 0.1) is 22.3 Å². The molecule has 0 radical (unpaired) electrons. The second-order valence-corrected chi connectivity index (χ2v) is 4.21. The molecular weight excluding hydrogens is 258 g/mol. The number of fused-ring (bicyclic) bond motifs is 1. The molecule has 1 aliphatic rings. The van der Waals surface area contributed by atoms with Gasteiger partial charge in [0, 0.05) is 6.07 Å². The third kappa shape index (κ3) is 1.53. The number of aromatic hydroxyl groups is 1. The summed E-state index contributed by atoms with van der Waals surface area (Å²) in [6.07, 6.45) is 1.50. The first-order valence-electron chi connectivity index (χ1n) is 5.28. The predicted molar refractivity (Wildman–Crippen MR) is 66.1 cm³/mol. The smallest absolute Gasteiger partial charge is 0.173 e. The van der Waals surface area contributed by atoms with Crippen molar-refractivity contribution in [3.8, 4) is 28.4 Å². The van der Waals surface area contributed by atoms with Gasteiger partial charge in [0.15, 0.2) is 11.5 Å². The van der Waals surface area contributed by atoms with Crippen molar-refractivity contribution in [2.45, 2.75) is 0 Å². The highest BCUT2D eigenvalue weighted by atomic mass is 35.5. The standard InChI is InChI=1S/C11H10ClN3O3/c12-6-3-7-10(18-2-1-17-7)8(9(6)16)5-4-14-15-11(5)13/h3-4,16H,1-2H2,(H3,13,14,15). The number of halogens is 1. The Labute approximate surface area is 107 Å². The lowest BCUT2D eigenvalue weighted by Crippen LogP contribution is -2.16. The summed E-state index contributed by atoms with van der Waals surface area (Å²) in [7, 11) is 0. The van der Waals surface area contributed by atoms with Crippen molar-refractivity contribution in [3.63, 3.8) is 0 Å². The fourth-order valence-electron chi connectivity index (χ4n) is 1.89. The highest BCUT2D eigenvalue weighted by molar-refractivity contribution is 6.33. The summed E-state index contributed by atoms with van der Waals surface area (Å²) < 4.78 is 11.0. The Morgan fingerprint density at radius 3 is 2.89 bits per heavy atom. The molecule has 0 atom stereocenters. The number of aromatic amines is 1. The third-order valence-electron chi connectivity index (χ3n) is 2.70. The molecule has 7 heteroatoms. The molecule has 1 aliphatic heterocycles. The molecule has 4 N–H and O–H groups in total. The van der Waals surface area contributed by atoms with Crippen molar-refractivity contribution >= 4 is 17.4 Å². The highest BCUT2D eigenvalue weighted by Crippen LogP contribution is 2.50. The van der Waals surface area contributed by atoms with Crippen molar-refractivity contribution in [3.05, 3.63) is 17.3 Å². The number of phenols is 1. The van der Waals surface area contributed by atoms with Gasteiger partial charge in [-0.3, -0.25) is 5.10 Å². The molecule has 94 valence electrons. The Balaban J connectivity index is 2.30. The van der Waals surface area contributed by atoms with Gasteiger partial charge in [-0.25, -0.2) is 0 Å². The summed E-state index contributed by atoms with van der Waals surface area (Å²) in [5.74, 6) is 1.13. The van der Waals surface area contributed by atoms with E-state index in [-0.39, 0.29) is 10.8 Å². The zero-order valence-corrected chi connectivity index (χ0v) is 9.99. The molecule has 0 aliphatic carbocycles. The Morgan fingerprint density at radius 1 is 1.39 bits per heavy atom. The summed E-state index contributed by atoms with van der Waals surface area (Å²) in [5, 5.41) is 16.7. The molecule has 0 spiro atoms. The minimum absolute atomic E-state index is 0.103. The number of benzene rings is 1. The maximum absolute atomic E-state index is 10.1. The first-order valence-corrected chi connectivity index (χ1v) is 5.66. The molecule has 6 nitrogen and oxygen atoms in total. The summed E-state index contributed by atoms with van der Waals surface area (Å²) in [6, 6.07) is 1.52. The number of hydrogen-bond acceptors (Lipinski definition) is 5. The molecule has 0 saturated carbocycles. The summed E-state index contributed by atoms with van der Waals surface area (Å²) in [5.41, 5.74) is 6.67. The average molecular weight is 268 g/mol. The highest BCUT2D eigenvalue weighted by Gasteiger charge is 2.25. The molecule has 3 rings (SSSR count). The van der Waals surface area contributed by atoms with E-state index in [0.717, 1.165) is 0 Å². The Morgan fingerprint density at radius 2 is 2.17 bits per heavy atom. The van der Waals surface area contributed by atoms with Crippen molar-refractivity contribution in [2.24, 2.45) is 0 Å². The fraction of sp³-hybridized carbons (Fsp3) is 0.182. The van der Waals surface area contributed by atoms with Crippen LogP contribution in [-0.2, 0) is 0 Å². The summed E-state index contributed by atoms with van der Waals surface area (Å²) in [4.78, 5) is 0. The second kappa shape index (κ2) is 3.99. The number of hydrogen-bond donors (Lipinski definition) is 3.